The van der Waals surface area contributed by atoms with Gasteiger partial charge in [-0.05, 0) is 0 Å². The second kappa shape index (κ2) is 51.2. The first-order valence-corrected chi connectivity index (χ1v) is 12.9. The SMILES string of the molecule is C.C.C.C.C.C1OP2OCC1O2.O.O.O.O.O=POCC(O)CO.OC1COP(O)OC1.OCC(O)CO.OP(O)O. The smallest absolute Gasteiger partial charge is 0.333 e. The van der Waals surface area contributed by atoms with E-state index in [0.29, 0.717) is 0 Å². The van der Waals surface area contributed by atoms with Crippen molar-refractivity contribution < 1.29 is 104 Å². The Labute approximate surface area is 253 Å². The molecular weight excluding hydrogens is 664 g/mol. The normalized spacial score (nSPS) is 20.6. The molecule has 0 spiro atoms. The molecule has 42 heavy (non-hydrogen) atoms. The first kappa shape index (κ1) is 73.8. The first-order valence-electron chi connectivity index (χ1n) is 8.75. The minimum atomic E-state index is -2.62. The highest BCUT2D eigenvalue weighted by Gasteiger charge is 2.36. The number of aliphatic hydroxyl groups is 6. The van der Waals surface area contributed by atoms with Gasteiger partial charge in [0.05, 0.1) is 52.9 Å². The molecule has 2 bridgehead atoms. The van der Waals surface area contributed by atoms with Gasteiger partial charge in [-0.1, -0.05) is 37.1 Å². The summed E-state index contributed by atoms with van der Waals surface area (Å²) in [5.74, 6) is 0. The molecule has 3 aliphatic heterocycles. The summed E-state index contributed by atoms with van der Waals surface area (Å²) >= 11 is 0. The standard InChI is InChI=1S/2C3H7O4P.C3H5O3P.C3H8O3.5CH4.H3O3P.4H2O/c4-3-1-6-8(5)7-2-3;4-1-3(5)2-7-8-6;1-3-2-5-7(4-1)6-3;4-1-3(6)2-5;;;;;;1-4(2)3;;;;/h2*3-5H,1-2H2;3H,1-2H2;3-6H,1-2H2;5*1H4;1-3H;4*1H2. The van der Waals surface area contributed by atoms with Gasteiger partial charge in [0.25, 0.3) is 0 Å². The molecule has 3 aliphatic rings. The molecule has 0 aromatic carbocycles. The largest absolute Gasteiger partial charge is 0.412 e. The summed E-state index contributed by atoms with van der Waals surface area (Å²) < 4.78 is 37.8. The van der Waals surface area contributed by atoms with Crippen LogP contribution in [0.15, 0.2) is 0 Å². The van der Waals surface area contributed by atoms with Gasteiger partial charge in [-0.3, -0.25) is 4.52 Å². The van der Waals surface area contributed by atoms with E-state index in [4.69, 9.17) is 63.8 Å². The fourth-order valence-electron chi connectivity index (χ4n) is 1.23. The van der Waals surface area contributed by atoms with Crippen molar-refractivity contribution in [3.8, 4) is 0 Å². The Balaban J connectivity index is -0.0000000306. The van der Waals surface area contributed by atoms with Crippen LogP contribution in [0.3, 0.4) is 0 Å². The van der Waals surface area contributed by atoms with Crippen molar-refractivity contribution in [3.63, 3.8) is 0 Å². The average molecular weight is 723 g/mol. The van der Waals surface area contributed by atoms with Crippen molar-refractivity contribution >= 4 is 34.5 Å². The fraction of sp³-hybridized carbons (Fsp3) is 1.00. The van der Waals surface area contributed by atoms with Gasteiger partial charge < -0.3 is 94.7 Å². The zero-order valence-electron chi connectivity index (χ0n) is 19.1. The summed E-state index contributed by atoms with van der Waals surface area (Å²) in [6, 6.07) is 0. The molecule has 0 amide bonds. The van der Waals surface area contributed by atoms with Crippen molar-refractivity contribution in [1.82, 2.24) is 0 Å². The molecule has 0 aliphatic carbocycles. The lowest BCUT2D eigenvalue weighted by Gasteiger charge is -2.20. The quantitative estimate of drug-likeness (QED) is 0.124. The van der Waals surface area contributed by atoms with E-state index >= 15 is 0 Å². The van der Waals surface area contributed by atoms with Crippen LogP contribution in [0, 0.1) is 0 Å². The van der Waals surface area contributed by atoms with Gasteiger partial charge in [-0.15, -0.1) is 0 Å². The second-order valence-electron chi connectivity index (χ2n) is 5.52. The molecule has 3 saturated heterocycles. The Bertz CT molecular complexity index is 409. The van der Waals surface area contributed by atoms with Crippen LogP contribution in [0.5, 0.6) is 0 Å². The Morgan fingerprint density at radius 2 is 1.12 bits per heavy atom. The molecule has 18 N–H and O–H groups in total. The molecular formula is C17H58O21P4. The van der Waals surface area contributed by atoms with E-state index in [1.807, 2.05) is 0 Å². The monoisotopic (exact) mass is 722 g/mol. The van der Waals surface area contributed by atoms with Crippen molar-refractivity contribution in [3.05, 3.63) is 0 Å². The molecule has 25 heteroatoms. The zero-order chi connectivity index (χ0) is 25.6. The van der Waals surface area contributed by atoms with Gasteiger partial charge in [0.1, 0.15) is 24.4 Å². The molecule has 21 nitrogen and oxygen atoms in total. The Morgan fingerprint density at radius 3 is 1.29 bits per heavy atom. The van der Waals surface area contributed by atoms with Gasteiger partial charge in [-0.2, -0.15) is 0 Å². The summed E-state index contributed by atoms with van der Waals surface area (Å²) in [7, 11) is -5.64. The lowest BCUT2D eigenvalue weighted by molar-refractivity contribution is 0.0143. The van der Waals surface area contributed by atoms with E-state index in [0.717, 1.165) is 13.2 Å². The van der Waals surface area contributed by atoms with Crippen molar-refractivity contribution in [2.45, 2.75) is 61.5 Å². The molecule has 0 radical (unpaired) electrons. The molecule has 1 atom stereocenters. The van der Waals surface area contributed by atoms with Crippen LogP contribution in [0.4, 0.5) is 0 Å². The highest BCUT2D eigenvalue weighted by atomic mass is 31.2. The van der Waals surface area contributed by atoms with Crippen LogP contribution in [0.1, 0.15) is 37.1 Å². The summed E-state index contributed by atoms with van der Waals surface area (Å²) in [5.41, 5.74) is 0. The Hall–Kier alpha value is 0.590. The van der Waals surface area contributed by atoms with Gasteiger partial charge in [-0.25, -0.2) is 4.57 Å². The van der Waals surface area contributed by atoms with Gasteiger partial charge in [0.15, 0.2) is 0 Å². The average Bonchev–Trinajstić information content (AvgIpc) is 3.46. The lowest BCUT2D eigenvalue weighted by Crippen LogP contribution is -2.24. The van der Waals surface area contributed by atoms with Gasteiger partial charge >= 0.3 is 34.5 Å². The Kier molecular flexibility index (Phi) is 90.0. The van der Waals surface area contributed by atoms with Gasteiger partial charge in [0, 0.05) is 0 Å². The summed E-state index contributed by atoms with van der Waals surface area (Å²) in [4.78, 5) is 30.2. The third-order valence-electron chi connectivity index (χ3n) is 2.67. The predicted octanol–water partition coefficient (Wildman–Crippen LogP) is -2.76. The first-order chi connectivity index (χ1) is 15.6. The zero-order valence-corrected chi connectivity index (χ0v) is 22.7. The summed E-state index contributed by atoms with van der Waals surface area (Å²) in [5, 5.41) is 49.3. The highest BCUT2D eigenvalue weighted by molar-refractivity contribution is 7.42. The maximum absolute atomic E-state index is 9.51. The molecule has 3 heterocycles. The van der Waals surface area contributed by atoms with Crippen LogP contribution in [0.2, 0.25) is 0 Å². The van der Waals surface area contributed by atoms with Gasteiger partial charge in [0.2, 0.25) is 0 Å². The topological polar surface area (TPSA) is 401 Å². The maximum Gasteiger partial charge on any atom is 0.333 e. The van der Waals surface area contributed by atoms with Crippen LogP contribution in [-0.4, -0.2) is 149 Å². The highest BCUT2D eigenvalue weighted by Crippen LogP contribution is 2.51. The van der Waals surface area contributed by atoms with Crippen molar-refractivity contribution in [1.29, 1.82) is 0 Å². The summed E-state index contributed by atoms with van der Waals surface area (Å²) in [6.45, 7) is 0.659. The Morgan fingerprint density at radius 1 is 0.762 bits per heavy atom. The number of hydrogen-bond acceptors (Lipinski definition) is 17. The molecule has 272 valence electrons. The van der Waals surface area contributed by atoms with Crippen LogP contribution in [0.25, 0.3) is 0 Å². The van der Waals surface area contributed by atoms with E-state index in [1.165, 1.54) is 0 Å². The third-order valence-corrected chi connectivity index (χ3v) is 4.86. The number of aliphatic hydroxyl groups excluding tert-OH is 6. The third kappa shape index (κ3) is 53.2. The molecule has 0 saturated carbocycles. The lowest BCUT2D eigenvalue weighted by atomic mass is 10.4. The number of rotatable bonds is 6. The van der Waals surface area contributed by atoms with E-state index in [9.17, 15) is 4.57 Å². The summed E-state index contributed by atoms with van der Waals surface area (Å²) in [6.07, 6.45) is -2.19. The minimum Gasteiger partial charge on any atom is -0.412 e. The number of fused-ring (bicyclic) bond motifs is 2. The fourth-order valence-corrected chi connectivity index (χ4v) is 3.27. The molecule has 1 unspecified atom stereocenters. The van der Waals surface area contributed by atoms with E-state index in [1.54, 1.807) is 0 Å². The van der Waals surface area contributed by atoms with E-state index in [2.05, 4.69) is 13.6 Å². The second-order valence-corrected chi connectivity index (χ2v) is 8.63. The maximum atomic E-state index is 9.51. The van der Waals surface area contributed by atoms with Crippen molar-refractivity contribution in [2.75, 3.05) is 52.9 Å². The van der Waals surface area contributed by atoms with Crippen LogP contribution in [-0.2, 0) is 31.7 Å². The molecule has 0 aromatic heterocycles. The van der Waals surface area contributed by atoms with E-state index < -0.39 is 52.8 Å². The van der Waals surface area contributed by atoms with Crippen LogP contribution >= 0.6 is 34.5 Å². The molecule has 3 rings (SSSR count). The molecule has 0 aromatic rings. The van der Waals surface area contributed by atoms with Crippen LogP contribution < -0.4 is 0 Å². The van der Waals surface area contributed by atoms with E-state index in [-0.39, 0.29) is 105 Å². The minimum absolute atomic E-state index is 0. The van der Waals surface area contributed by atoms with Crippen molar-refractivity contribution in [2.24, 2.45) is 0 Å². The predicted molar refractivity (Wildman–Crippen MR) is 159 cm³/mol. The molecule has 3 fully saturated rings. The number of hydrogen-bond donors (Lipinski definition) is 10.